The zero-order chi connectivity index (χ0) is 22.9. The number of ether oxygens (including phenoxy) is 1. The predicted molar refractivity (Wildman–Crippen MR) is 122 cm³/mol. The number of piperidine rings is 1. The van der Waals surface area contributed by atoms with E-state index in [0.29, 0.717) is 48.3 Å². The van der Waals surface area contributed by atoms with Crippen molar-refractivity contribution >= 4 is 23.4 Å². The molecule has 0 atom stereocenters. The number of hydrogen-bond acceptors (Lipinski definition) is 5. The van der Waals surface area contributed by atoms with Crippen molar-refractivity contribution in [2.45, 2.75) is 25.8 Å². The van der Waals surface area contributed by atoms with Gasteiger partial charge in [-0.3, -0.25) is 14.4 Å². The minimum Gasteiger partial charge on any atom is -0.494 e. The summed E-state index contributed by atoms with van der Waals surface area (Å²) in [6.45, 7) is 3.68. The summed E-state index contributed by atoms with van der Waals surface area (Å²) in [6.07, 6.45) is 7.20. The standard InChI is InChI=1S/C25H24N4O4/c1-2-33-20-6-4-19(5-7-20)29-24(31)21-8-3-17(15-22(21)25(29)32)23(30)27-12-9-18(10-13-27)28-14-11-26-16-28/h3-8,11,14-16,18H,2,9-10,12-13H2,1H3. The van der Waals surface area contributed by atoms with E-state index in [0.717, 1.165) is 17.7 Å². The zero-order valence-electron chi connectivity index (χ0n) is 18.3. The molecule has 0 saturated carbocycles. The Hall–Kier alpha value is -3.94. The molecule has 1 saturated heterocycles. The molecular weight excluding hydrogens is 420 g/mol. The van der Waals surface area contributed by atoms with Crippen molar-refractivity contribution < 1.29 is 19.1 Å². The Morgan fingerprint density at radius 1 is 1.03 bits per heavy atom. The van der Waals surface area contributed by atoms with E-state index < -0.39 is 5.91 Å². The molecule has 0 aliphatic carbocycles. The number of likely N-dealkylation sites (tertiary alicyclic amines) is 1. The highest BCUT2D eigenvalue weighted by molar-refractivity contribution is 6.34. The largest absolute Gasteiger partial charge is 0.494 e. The van der Waals surface area contributed by atoms with Crippen LogP contribution in [0.25, 0.3) is 0 Å². The van der Waals surface area contributed by atoms with Crippen molar-refractivity contribution in [3.05, 3.63) is 77.9 Å². The molecule has 5 rings (SSSR count). The minimum absolute atomic E-state index is 0.123. The summed E-state index contributed by atoms with van der Waals surface area (Å²) in [5.74, 6) is -0.267. The lowest BCUT2D eigenvalue weighted by atomic mass is 10.0. The zero-order valence-corrected chi connectivity index (χ0v) is 18.3. The Bertz CT molecular complexity index is 1200. The van der Waals surface area contributed by atoms with Crippen LogP contribution in [0.4, 0.5) is 5.69 Å². The Morgan fingerprint density at radius 3 is 2.42 bits per heavy atom. The van der Waals surface area contributed by atoms with Gasteiger partial charge in [0.25, 0.3) is 17.7 Å². The first-order valence-corrected chi connectivity index (χ1v) is 11.1. The summed E-state index contributed by atoms with van der Waals surface area (Å²) in [5, 5.41) is 0. The van der Waals surface area contributed by atoms with E-state index in [2.05, 4.69) is 9.55 Å². The van der Waals surface area contributed by atoms with Gasteiger partial charge in [0.1, 0.15) is 5.75 Å². The van der Waals surface area contributed by atoms with E-state index in [4.69, 9.17) is 4.74 Å². The second-order valence-corrected chi connectivity index (χ2v) is 8.17. The maximum atomic E-state index is 13.1. The molecule has 0 unspecified atom stereocenters. The number of fused-ring (bicyclic) bond motifs is 1. The molecule has 168 valence electrons. The van der Waals surface area contributed by atoms with Crippen molar-refractivity contribution in [3.8, 4) is 5.75 Å². The van der Waals surface area contributed by atoms with Crippen LogP contribution in [-0.4, -0.2) is 51.9 Å². The highest BCUT2D eigenvalue weighted by Gasteiger charge is 2.37. The van der Waals surface area contributed by atoms with Crippen LogP contribution in [0, 0.1) is 0 Å². The smallest absolute Gasteiger partial charge is 0.266 e. The third kappa shape index (κ3) is 3.77. The van der Waals surface area contributed by atoms with Gasteiger partial charge in [0.05, 0.1) is 29.7 Å². The second kappa shape index (κ2) is 8.54. The lowest BCUT2D eigenvalue weighted by molar-refractivity contribution is 0.0694. The van der Waals surface area contributed by atoms with Crippen molar-refractivity contribution in [2.24, 2.45) is 0 Å². The number of nitrogens with zero attached hydrogens (tertiary/aromatic N) is 4. The Labute approximate surface area is 191 Å². The van der Waals surface area contributed by atoms with Gasteiger partial charge in [-0.2, -0.15) is 0 Å². The van der Waals surface area contributed by atoms with Crippen LogP contribution in [0.1, 0.15) is 56.9 Å². The van der Waals surface area contributed by atoms with Gasteiger partial charge in [-0.05, 0) is 62.2 Å². The summed E-state index contributed by atoms with van der Waals surface area (Å²) in [6, 6.07) is 11.9. The lowest BCUT2D eigenvalue weighted by Crippen LogP contribution is -2.39. The minimum atomic E-state index is -0.423. The number of imidazole rings is 1. The number of benzene rings is 2. The summed E-state index contributed by atoms with van der Waals surface area (Å²) >= 11 is 0. The quantitative estimate of drug-likeness (QED) is 0.562. The first kappa shape index (κ1) is 20.9. The summed E-state index contributed by atoms with van der Waals surface area (Å²) in [7, 11) is 0. The normalized spacial score (nSPS) is 16.3. The maximum absolute atomic E-state index is 13.1. The predicted octanol–water partition coefficient (Wildman–Crippen LogP) is 3.56. The topological polar surface area (TPSA) is 84.7 Å². The Balaban J connectivity index is 1.32. The molecule has 8 nitrogen and oxygen atoms in total. The van der Waals surface area contributed by atoms with Crippen LogP contribution in [0.15, 0.2) is 61.2 Å². The van der Waals surface area contributed by atoms with Gasteiger partial charge in [0, 0.05) is 37.1 Å². The molecule has 0 radical (unpaired) electrons. The van der Waals surface area contributed by atoms with Gasteiger partial charge in [-0.25, -0.2) is 9.88 Å². The van der Waals surface area contributed by atoms with E-state index in [9.17, 15) is 14.4 Å². The number of rotatable bonds is 5. The van der Waals surface area contributed by atoms with Crippen molar-refractivity contribution in [3.63, 3.8) is 0 Å². The fourth-order valence-electron chi connectivity index (χ4n) is 4.50. The van der Waals surface area contributed by atoms with E-state index in [-0.39, 0.29) is 17.4 Å². The molecule has 1 aromatic heterocycles. The van der Waals surface area contributed by atoms with Crippen LogP contribution in [0.2, 0.25) is 0 Å². The van der Waals surface area contributed by atoms with Gasteiger partial charge < -0.3 is 14.2 Å². The van der Waals surface area contributed by atoms with Crippen LogP contribution in [-0.2, 0) is 0 Å². The summed E-state index contributed by atoms with van der Waals surface area (Å²) < 4.78 is 7.51. The van der Waals surface area contributed by atoms with Crippen molar-refractivity contribution in [1.29, 1.82) is 0 Å². The molecule has 2 aromatic carbocycles. The first-order chi connectivity index (χ1) is 16.1. The van der Waals surface area contributed by atoms with Gasteiger partial charge in [-0.15, -0.1) is 0 Å². The summed E-state index contributed by atoms with van der Waals surface area (Å²) in [5.41, 5.74) is 1.46. The highest BCUT2D eigenvalue weighted by Crippen LogP contribution is 2.31. The molecule has 3 aromatic rings. The molecule has 3 heterocycles. The van der Waals surface area contributed by atoms with Gasteiger partial charge in [-0.1, -0.05) is 0 Å². The number of aromatic nitrogens is 2. The molecule has 2 aliphatic rings. The Morgan fingerprint density at radius 2 is 1.76 bits per heavy atom. The number of anilines is 1. The lowest BCUT2D eigenvalue weighted by Gasteiger charge is -2.32. The maximum Gasteiger partial charge on any atom is 0.266 e. The van der Waals surface area contributed by atoms with Gasteiger partial charge in [0.2, 0.25) is 0 Å². The third-order valence-corrected chi connectivity index (χ3v) is 6.24. The van der Waals surface area contributed by atoms with Gasteiger partial charge in [0.15, 0.2) is 0 Å². The monoisotopic (exact) mass is 444 g/mol. The van der Waals surface area contributed by atoms with E-state index >= 15 is 0 Å². The van der Waals surface area contributed by atoms with Crippen LogP contribution >= 0.6 is 0 Å². The molecular formula is C25H24N4O4. The van der Waals surface area contributed by atoms with E-state index in [1.54, 1.807) is 59.9 Å². The van der Waals surface area contributed by atoms with E-state index in [1.807, 2.05) is 13.1 Å². The van der Waals surface area contributed by atoms with Crippen LogP contribution in [0.3, 0.4) is 0 Å². The van der Waals surface area contributed by atoms with Crippen molar-refractivity contribution in [1.82, 2.24) is 14.5 Å². The SMILES string of the molecule is CCOc1ccc(N2C(=O)c3ccc(C(=O)N4CCC(n5ccnc5)CC4)cc3C2=O)cc1. The average molecular weight is 444 g/mol. The number of hydrogen-bond donors (Lipinski definition) is 0. The highest BCUT2D eigenvalue weighted by atomic mass is 16.5. The molecule has 8 heteroatoms. The second-order valence-electron chi connectivity index (χ2n) is 8.17. The molecule has 0 N–H and O–H groups in total. The Kier molecular flexibility index (Phi) is 5.42. The molecule has 1 fully saturated rings. The fourth-order valence-corrected chi connectivity index (χ4v) is 4.50. The number of imide groups is 1. The molecule has 2 aliphatic heterocycles. The molecule has 3 amide bonds. The fraction of sp³-hybridized carbons (Fsp3) is 0.280. The summed E-state index contributed by atoms with van der Waals surface area (Å²) in [4.78, 5) is 46.2. The molecule has 33 heavy (non-hydrogen) atoms. The number of carbonyl (C=O) groups excluding carboxylic acids is 3. The molecule has 0 spiro atoms. The number of amides is 3. The van der Waals surface area contributed by atoms with E-state index in [1.165, 1.54) is 0 Å². The number of carbonyl (C=O) groups is 3. The van der Waals surface area contributed by atoms with Crippen molar-refractivity contribution in [2.75, 3.05) is 24.6 Å². The van der Waals surface area contributed by atoms with Crippen LogP contribution in [0.5, 0.6) is 5.75 Å². The van der Waals surface area contributed by atoms with Gasteiger partial charge >= 0.3 is 0 Å². The molecule has 0 bridgehead atoms. The first-order valence-electron chi connectivity index (χ1n) is 11.1. The average Bonchev–Trinajstić information content (AvgIpc) is 3.47. The third-order valence-electron chi connectivity index (χ3n) is 6.24. The van der Waals surface area contributed by atoms with Crippen LogP contribution < -0.4 is 9.64 Å².